The van der Waals surface area contributed by atoms with Gasteiger partial charge in [-0.15, -0.1) is 12.4 Å². The zero-order valence-electron chi connectivity index (χ0n) is 32.6. The number of ether oxygens (including phenoxy) is 3. The lowest BCUT2D eigenvalue weighted by Gasteiger charge is -2.20. The number of halogens is 5. The molecule has 0 aliphatic carbocycles. The molecule has 6 rings (SSSR count). The van der Waals surface area contributed by atoms with Crippen LogP contribution in [0, 0.1) is 11.6 Å². The van der Waals surface area contributed by atoms with Gasteiger partial charge < -0.3 is 29.5 Å². The topological polar surface area (TPSA) is 123 Å². The number of anilines is 1. The van der Waals surface area contributed by atoms with Crippen molar-refractivity contribution in [3.05, 3.63) is 112 Å². The first-order valence-electron chi connectivity index (χ1n) is 18.9. The van der Waals surface area contributed by atoms with E-state index in [0.29, 0.717) is 36.7 Å². The number of benzene rings is 2. The largest absolute Gasteiger partial charge is 0.489 e. The quantitative estimate of drug-likeness (QED) is 0.0994. The van der Waals surface area contributed by atoms with Crippen LogP contribution in [-0.4, -0.2) is 72.0 Å². The molecule has 2 aliphatic rings. The molecule has 2 saturated heterocycles. The molecule has 0 bridgehead atoms. The van der Waals surface area contributed by atoms with Crippen LogP contribution in [0.4, 0.5) is 14.5 Å². The number of carboxylic acids is 1. The van der Waals surface area contributed by atoms with E-state index in [0.717, 1.165) is 62.2 Å². The number of aliphatic carboxylic acids is 1. The lowest BCUT2D eigenvalue weighted by atomic mass is 10.0. The Labute approximate surface area is 349 Å². The lowest BCUT2D eigenvalue weighted by Crippen LogP contribution is -2.25. The van der Waals surface area contributed by atoms with E-state index < -0.39 is 17.7 Å². The Kier molecular flexibility index (Phi) is 19.7. The van der Waals surface area contributed by atoms with Crippen molar-refractivity contribution in [3.8, 4) is 11.5 Å². The molecule has 4 heterocycles. The number of rotatable bonds is 13. The molecule has 2 aromatic carbocycles. The summed E-state index contributed by atoms with van der Waals surface area (Å²) in [5, 5.41) is 12.2. The maximum absolute atomic E-state index is 14.8. The Morgan fingerprint density at radius 3 is 2.04 bits per heavy atom. The van der Waals surface area contributed by atoms with Gasteiger partial charge in [0.2, 0.25) is 0 Å². The van der Waals surface area contributed by atoms with Crippen molar-refractivity contribution in [1.82, 2.24) is 15.3 Å². The number of hydrogen-bond acceptors (Lipinski definition) is 9. The molecule has 2 unspecified atom stereocenters. The maximum atomic E-state index is 14.8. The summed E-state index contributed by atoms with van der Waals surface area (Å²) >= 11 is 10.6. The van der Waals surface area contributed by atoms with E-state index in [9.17, 15) is 18.4 Å². The van der Waals surface area contributed by atoms with Gasteiger partial charge in [-0.25, -0.2) is 13.8 Å². The Bertz CT molecular complexity index is 1830. The van der Waals surface area contributed by atoms with Gasteiger partial charge in [-0.1, -0.05) is 60.8 Å². The molecule has 57 heavy (non-hydrogen) atoms. The SMILES string of the molecule is CCCCc1nccc(N2CC[C@@H](Oc3ccc(C(C)C(=O)O)cc3)C2)c1F.CCOC(=O)C(C)c1ccc(O[C@@H]2CCNC2)cc1.Cl.Fc1c(Cl)ccnc1Cl. The summed E-state index contributed by atoms with van der Waals surface area (Å²) < 4.78 is 44.1. The van der Waals surface area contributed by atoms with Crippen molar-refractivity contribution in [2.45, 2.75) is 83.8 Å². The van der Waals surface area contributed by atoms with E-state index in [1.807, 2.05) is 43.0 Å². The van der Waals surface area contributed by atoms with E-state index in [1.54, 1.807) is 43.5 Å². The number of aryl methyl sites for hydroxylation is 1. The third-order valence-corrected chi connectivity index (χ3v) is 9.94. The van der Waals surface area contributed by atoms with Crippen LogP contribution >= 0.6 is 35.6 Å². The van der Waals surface area contributed by atoms with Crippen molar-refractivity contribution < 1.29 is 37.7 Å². The second kappa shape index (κ2) is 23.9. The average molecular weight is 852 g/mol. The molecule has 0 radical (unpaired) electrons. The molecule has 4 atom stereocenters. The van der Waals surface area contributed by atoms with Crippen molar-refractivity contribution in [3.63, 3.8) is 0 Å². The smallest absolute Gasteiger partial charge is 0.313 e. The fraction of sp³-hybridized carbons (Fsp3) is 0.429. The molecule has 2 fully saturated rings. The predicted molar refractivity (Wildman–Crippen MR) is 221 cm³/mol. The van der Waals surface area contributed by atoms with E-state index >= 15 is 0 Å². The van der Waals surface area contributed by atoms with Crippen molar-refractivity contribution in [1.29, 1.82) is 0 Å². The van der Waals surface area contributed by atoms with Crippen molar-refractivity contribution >= 4 is 53.2 Å². The lowest BCUT2D eigenvalue weighted by molar-refractivity contribution is -0.144. The van der Waals surface area contributed by atoms with Crippen molar-refractivity contribution in [2.75, 3.05) is 37.7 Å². The van der Waals surface area contributed by atoms with Gasteiger partial charge in [0.05, 0.1) is 41.4 Å². The van der Waals surface area contributed by atoms with E-state index in [2.05, 4.69) is 22.2 Å². The standard InChI is InChI=1S/C22H27FN2O3.C15H21NO3.C5H2Cl2FN.ClH/c1-3-4-5-19-21(23)20(10-12-24-19)25-13-11-18(14-25)28-17-8-6-16(7-9-17)15(2)22(26)27;1-3-18-15(17)11(2)12-4-6-13(7-5-12)19-14-8-9-16-10-14;6-3-1-2-9-5(7)4(3)8;/h6-10,12,15,18H,3-5,11,13-14H2,1-2H3,(H,26,27);4-7,11,14,16H,3,8-10H2,1-2H3;1-2H;1H/t15?,18-;11?,14-;;/m11../s1. The summed E-state index contributed by atoms with van der Waals surface area (Å²) in [6, 6.07) is 17.9. The van der Waals surface area contributed by atoms with E-state index in [-0.39, 0.29) is 52.5 Å². The summed E-state index contributed by atoms with van der Waals surface area (Å²) in [5.74, 6) is -1.14. The summed E-state index contributed by atoms with van der Waals surface area (Å²) in [6.45, 7) is 11.1. The molecular weight excluding hydrogens is 801 g/mol. The van der Waals surface area contributed by atoms with Crippen molar-refractivity contribution in [2.24, 2.45) is 0 Å². The molecule has 0 amide bonds. The number of carbonyl (C=O) groups is 2. The first-order valence-corrected chi connectivity index (χ1v) is 19.6. The Balaban J connectivity index is 0.000000258. The number of carbonyl (C=O) groups excluding carboxylic acids is 1. The van der Waals surface area contributed by atoms with Crippen LogP contribution < -0.4 is 19.7 Å². The number of esters is 1. The summed E-state index contributed by atoms with van der Waals surface area (Å²) in [7, 11) is 0. The summed E-state index contributed by atoms with van der Waals surface area (Å²) in [6.07, 6.45) is 7.69. The van der Waals surface area contributed by atoms with Gasteiger partial charge >= 0.3 is 11.9 Å². The number of pyridine rings is 2. The van der Waals surface area contributed by atoms with E-state index in [1.165, 1.54) is 12.3 Å². The number of aromatic nitrogens is 2. The zero-order valence-corrected chi connectivity index (χ0v) is 34.9. The van der Waals surface area contributed by atoms with Gasteiger partial charge in [0, 0.05) is 31.9 Å². The predicted octanol–water partition coefficient (Wildman–Crippen LogP) is 9.45. The number of carboxylic acid groups (broad SMARTS) is 1. The minimum absolute atomic E-state index is 0. The van der Waals surface area contributed by atoms with Gasteiger partial charge in [0.25, 0.3) is 0 Å². The highest BCUT2D eigenvalue weighted by molar-refractivity contribution is 6.34. The molecule has 10 nitrogen and oxygen atoms in total. The minimum atomic E-state index is -0.849. The summed E-state index contributed by atoms with van der Waals surface area (Å²) in [4.78, 5) is 32.4. The highest BCUT2D eigenvalue weighted by Crippen LogP contribution is 2.28. The van der Waals surface area contributed by atoms with Crippen LogP contribution in [0.25, 0.3) is 0 Å². The second-order valence-electron chi connectivity index (χ2n) is 13.5. The van der Waals surface area contributed by atoms with Gasteiger partial charge in [-0.05, 0) is 94.1 Å². The molecule has 0 saturated carbocycles. The summed E-state index contributed by atoms with van der Waals surface area (Å²) in [5.41, 5.74) is 2.83. The minimum Gasteiger partial charge on any atom is -0.489 e. The fourth-order valence-corrected chi connectivity index (χ4v) is 6.36. The first-order chi connectivity index (χ1) is 26.9. The zero-order chi connectivity index (χ0) is 40.6. The highest BCUT2D eigenvalue weighted by atomic mass is 35.5. The molecule has 0 spiro atoms. The Morgan fingerprint density at radius 1 is 0.877 bits per heavy atom. The van der Waals surface area contributed by atoms with Crippen LogP contribution in [0.3, 0.4) is 0 Å². The van der Waals surface area contributed by atoms with Gasteiger partial charge in [-0.2, -0.15) is 0 Å². The molecule has 2 aliphatic heterocycles. The first kappa shape index (κ1) is 47.1. The highest BCUT2D eigenvalue weighted by Gasteiger charge is 2.27. The average Bonchev–Trinajstić information content (AvgIpc) is 3.90. The third-order valence-electron chi connectivity index (χ3n) is 9.38. The van der Waals surface area contributed by atoms with Crippen LogP contribution in [-0.2, 0) is 20.7 Å². The number of nitrogens with zero attached hydrogens (tertiary/aromatic N) is 3. The van der Waals surface area contributed by atoms with Gasteiger partial charge in [-0.3, -0.25) is 14.6 Å². The normalized spacial score (nSPS) is 16.8. The number of unbranched alkanes of at least 4 members (excludes halogenated alkanes) is 1. The molecule has 310 valence electrons. The van der Waals surface area contributed by atoms with Gasteiger partial charge in [0.15, 0.2) is 16.8 Å². The third kappa shape index (κ3) is 14.3. The molecule has 2 aromatic heterocycles. The number of hydrogen-bond donors (Lipinski definition) is 2. The molecular formula is C42H51Cl3F2N4O6. The monoisotopic (exact) mass is 850 g/mol. The second-order valence-corrected chi connectivity index (χ2v) is 14.2. The Hall–Kier alpha value is -4.23. The van der Waals surface area contributed by atoms with Crippen LogP contribution in [0.15, 0.2) is 73.1 Å². The van der Waals surface area contributed by atoms with Crippen LogP contribution in [0.1, 0.15) is 82.0 Å². The molecule has 4 aromatic rings. The van der Waals surface area contributed by atoms with Gasteiger partial charge in [0.1, 0.15) is 23.7 Å². The van der Waals surface area contributed by atoms with Crippen LogP contribution in [0.2, 0.25) is 10.2 Å². The van der Waals surface area contributed by atoms with E-state index in [4.69, 9.17) is 42.5 Å². The fourth-order valence-electron chi connectivity index (χ4n) is 6.01. The maximum Gasteiger partial charge on any atom is 0.313 e. The molecule has 15 heteroatoms. The number of nitrogens with one attached hydrogen (secondary N) is 1. The molecule has 2 N–H and O–H groups in total. The van der Waals surface area contributed by atoms with Crippen LogP contribution in [0.5, 0.6) is 11.5 Å². The Morgan fingerprint density at radius 2 is 1.49 bits per heavy atom.